The zero-order valence-electron chi connectivity index (χ0n) is 26.7. The second-order valence-corrected chi connectivity index (χ2v) is 13.5. The van der Waals surface area contributed by atoms with E-state index in [2.05, 4.69) is 103 Å². The molecule has 0 saturated heterocycles. The molecular formula is C45H27N3OS. The van der Waals surface area contributed by atoms with Crippen LogP contribution in [-0.4, -0.2) is 15.0 Å². The average molecular weight is 658 g/mol. The summed E-state index contributed by atoms with van der Waals surface area (Å²) in [7, 11) is 0. The highest BCUT2D eigenvalue weighted by molar-refractivity contribution is 7.26. The van der Waals surface area contributed by atoms with Gasteiger partial charge in [0, 0.05) is 53.2 Å². The molecule has 5 heteroatoms. The molecule has 10 aromatic rings. The summed E-state index contributed by atoms with van der Waals surface area (Å²) in [5, 5.41) is 4.71. The van der Waals surface area contributed by atoms with Crippen LogP contribution in [0.2, 0.25) is 0 Å². The predicted octanol–water partition coefficient (Wildman–Crippen LogP) is 12.5. The molecule has 0 aliphatic rings. The average Bonchev–Trinajstić information content (AvgIpc) is 3.76. The summed E-state index contributed by atoms with van der Waals surface area (Å²) in [5.74, 6) is 1.86. The van der Waals surface area contributed by atoms with E-state index in [4.69, 9.17) is 19.4 Å². The molecule has 0 N–H and O–H groups in total. The largest absolute Gasteiger partial charge is 0.455 e. The lowest BCUT2D eigenvalue weighted by atomic mass is 9.94. The third-order valence-electron chi connectivity index (χ3n) is 9.33. The summed E-state index contributed by atoms with van der Waals surface area (Å²) < 4.78 is 9.33. The van der Waals surface area contributed by atoms with Gasteiger partial charge in [-0.2, -0.15) is 0 Å². The molecule has 0 saturated carbocycles. The molecule has 0 atom stereocenters. The molecule has 0 aliphatic carbocycles. The van der Waals surface area contributed by atoms with Crippen molar-refractivity contribution < 1.29 is 4.42 Å². The van der Waals surface area contributed by atoms with Gasteiger partial charge in [-0.1, -0.05) is 133 Å². The highest BCUT2D eigenvalue weighted by Crippen LogP contribution is 2.45. The van der Waals surface area contributed by atoms with Gasteiger partial charge < -0.3 is 4.42 Å². The molecule has 7 aromatic carbocycles. The molecule has 0 bridgehead atoms. The SMILES string of the molecule is c1ccc(-c2nc(-c3ccccc3)nc(-c3ccc4c(c3)oc3c(-c5cc(-c6ccccc6)c6c(c5)sc5ccccc56)cccc34)n2)cc1. The maximum absolute atomic E-state index is 6.78. The summed E-state index contributed by atoms with van der Waals surface area (Å²) in [5.41, 5.74) is 9.02. The Labute approximate surface area is 292 Å². The molecule has 0 spiro atoms. The van der Waals surface area contributed by atoms with Crippen LogP contribution in [0.4, 0.5) is 0 Å². The number of thiophene rings is 1. The highest BCUT2D eigenvalue weighted by Gasteiger charge is 2.19. The first-order valence-corrected chi connectivity index (χ1v) is 17.4. The molecule has 234 valence electrons. The monoisotopic (exact) mass is 657 g/mol. The Kier molecular flexibility index (Phi) is 6.64. The van der Waals surface area contributed by atoms with Gasteiger partial charge in [-0.15, -0.1) is 11.3 Å². The highest BCUT2D eigenvalue weighted by atomic mass is 32.1. The van der Waals surface area contributed by atoms with Crippen LogP contribution in [0.3, 0.4) is 0 Å². The number of furan rings is 1. The van der Waals surface area contributed by atoms with Crippen molar-refractivity contribution in [1.82, 2.24) is 15.0 Å². The molecule has 4 nitrogen and oxygen atoms in total. The van der Waals surface area contributed by atoms with Crippen molar-refractivity contribution in [2.75, 3.05) is 0 Å². The van der Waals surface area contributed by atoms with Crippen molar-refractivity contribution in [3.63, 3.8) is 0 Å². The zero-order valence-corrected chi connectivity index (χ0v) is 27.6. The van der Waals surface area contributed by atoms with Crippen LogP contribution < -0.4 is 0 Å². The molecule has 3 aromatic heterocycles. The summed E-state index contributed by atoms with van der Waals surface area (Å²) in [6, 6.07) is 56.8. The lowest BCUT2D eigenvalue weighted by molar-refractivity contribution is 0.670. The van der Waals surface area contributed by atoms with E-state index in [1.54, 1.807) is 0 Å². The molecule has 0 amide bonds. The number of rotatable bonds is 5. The van der Waals surface area contributed by atoms with Crippen LogP contribution in [0.5, 0.6) is 0 Å². The minimum absolute atomic E-state index is 0.600. The molecule has 50 heavy (non-hydrogen) atoms. The first kappa shape index (κ1) is 28.6. The predicted molar refractivity (Wildman–Crippen MR) is 207 cm³/mol. The Hall–Kier alpha value is -6.43. The molecule has 10 rings (SSSR count). The Balaban J connectivity index is 1.15. The summed E-state index contributed by atoms with van der Waals surface area (Å²) in [4.78, 5) is 14.8. The number of nitrogens with zero attached hydrogens (tertiary/aromatic N) is 3. The Morgan fingerprint density at radius 1 is 0.380 bits per heavy atom. The third-order valence-corrected chi connectivity index (χ3v) is 10.4. The zero-order chi connectivity index (χ0) is 33.0. The fourth-order valence-corrected chi connectivity index (χ4v) is 8.13. The Morgan fingerprint density at radius 3 is 1.68 bits per heavy atom. The molecule has 0 aliphatic heterocycles. The third kappa shape index (κ3) is 4.79. The van der Waals surface area contributed by atoms with Crippen LogP contribution >= 0.6 is 11.3 Å². The van der Waals surface area contributed by atoms with E-state index in [9.17, 15) is 0 Å². The summed E-state index contributed by atoms with van der Waals surface area (Å²) in [6.07, 6.45) is 0. The van der Waals surface area contributed by atoms with Gasteiger partial charge in [0.2, 0.25) is 0 Å². The number of hydrogen-bond acceptors (Lipinski definition) is 5. The van der Waals surface area contributed by atoms with Crippen molar-refractivity contribution >= 4 is 53.4 Å². The quantitative estimate of drug-likeness (QED) is 0.185. The van der Waals surface area contributed by atoms with E-state index in [0.29, 0.717) is 17.5 Å². The number of para-hydroxylation sites is 1. The van der Waals surface area contributed by atoms with Crippen molar-refractivity contribution in [3.05, 3.63) is 164 Å². The van der Waals surface area contributed by atoms with E-state index in [1.807, 2.05) is 72.0 Å². The van der Waals surface area contributed by atoms with Crippen LogP contribution in [0, 0.1) is 0 Å². The first-order chi connectivity index (χ1) is 24.8. The number of hydrogen-bond donors (Lipinski definition) is 0. The van der Waals surface area contributed by atoms with Gasteiger partial charge in [0.05, 0.1) is 0 Å². The first-order valence-electron chi connectivity index (χ1n) is 16.6. The molecular weight excluding hydrogens is 631 g/mol. The summed E-state index contributed by atoms with van der Waals surface area (Å²) >= 11 is 1.84. The number of benzene rings is 7. The van der Waals surface area contributed by atoms with Crippen LogP contribution in [0.1, 0.15) is 0 Å². The standard InChI is InChI=1S/C45H27N3OS/c1-4-13-28(14-5-1)37-25-32(27-40-41(37)36-19-10-11-22-39(36)50-40)33-20-12-21-35-34-24-23-31(26-38(34)49-42(33)35)45-47-43(29-15-6-2-7-16-29)46-44(48-45)30-17-8-3-9-18-30/h1-27H. The van der Waals surface area contributed by atoms with Gasteiger partial charge in [0.15, 0.2) is 17.5 Å². The van der Waals surface area contributed by atoms with Crippen molar-refractivity contribution in [1.29, 1.82) is 0 Å². The van der Waals surface area contributed by atoms with Gasteiger partial charge in [-0.25, -0.2) is 15.0 Å². The van der Waals surface area contributed by atoms with Gasteiger partial charge >= 0.3 is 0 Å². The van der Waals surface area contributed by atoms with Crippen LogP contribution in [-0.2, 0) is 0 Å². The second kappa shape index (κ2) is 11.6. The normalized spacial score (nSPS) is 11.6. The van der Waals surface area contributed by atoms with E-state index < -0.39 is 0 Å². The lowest BCUT2D eigenvalue weighted by Gasteiger charge is -2.10. The van der Waals surface area contributed by atoms with Gasteiger partial charge in [0.25, 0.3) is 0 Å². The second-order valence-electron chi connectivity index (χ2n) is 12.4. The van der Waals surface area contributed by atoms with Crippen LogP contribution in [0.25, 0.3) is 98.5 Å². The lowest BCUT2D eigenvalue weighted by Crippen LogP contribution is -2.00. The number of aromatic nitrogens is 3. The molecule has 0 radical (unpaired) electrons. The molecule has 3 heterocycles. The Bertz CT molecular complexity index is 2800. The van der Waals surface area contributed by atoms with Crippen molar-refractivity contribution in [3.8, 4) is 56.4 Å². The van der Waals surface area contributed by atoms with Gasteiger partial charge in [-0.3, -0.25) is 0 Å². The van der Waals surface area contributed by atoms with Crippen LogP contribution in [0.15, 0.2) is 168 Å². The topological polar surface area (TPSA) is 51.8 Å². The smallest absolute Gasteiger partial charge is 0.164 e. The minimum atomic E-state index is 0.600. The minimum Gasteiger partial charge on any atom is -0.455 e. The van der Waals surface area contributed by atoms with E-state index >= 15 is 0 Å². The summed E-state index contributed by atoms with van der Waals surface area (Å²) in [6.45, 7) is 0. The molecule has 0 fully saturated rings. The van der Waals surface area contributed by atoms with E-state index in [0.717, 1.165) is 49.8 Å². The maximum Gasteiger partial charge on any atom is 0.164 e. The molecule has 0 unspecified atom stereocenters. The maximum atomic E-state index is 6.78. The van der Waals surface area contributed by atoms with Gasteiger partial charge in [-0.05, 0) is 47.0 Å². The van der Waals surface area contributed by atoms with E-state index in [-0.39, 0.29) is 0 Å². The fourth-order valence-electron chi connectivity index (χ4n) is 6.96. The fraction of sp³-hybridized carbons (Fsp3) is 0. The van der Waals surface area contributed by atoms with Crippen molar-refractivity contribution in [2.45, 2.75) is 0 Å². The van der Waals surface area contributed by atoms with Gasteiger partial charge in [0.1, 0.15) is 11.2 Å². The van der Waals surface area contributed by atoms with Crippen molar-refractivity contribution in [2.24, 2.45) is 0 Å². The number of fused-ring (bicyclic) bond motifs is 6. The Morgan fingerprint density at radius 2 is 0.980 bits per heavy atom. The van der Waals surface area contributed by atoms with E-state index in [1.165, 1.54) is 31.3 Å².